The molecule has 6 nitrogen and oxygen atoms in total. The number of ether oxygens (including phenoxy) is 1. The van der Waals surface area contributed by atoms with E-state index in [2.05, 4.69) is 15.0 Å². The maximum Gasteiger partial charge on any atom is 0.242 e. The minimum Gasteiger partial charge on any atom is -0.380 e. The lowest BCUT2D eigenvalue weighted by molar-refractivity contribution is 0.0386. The lowest BCUT2D eigenvalue weighted by Gasteiger charge is -2.33. The van der Waals surface area contributed by atoms with Crippen molar-refractivity contribution >= 4 is 27.4 Å². The first-order valence-corrected chi connectivity index (χ1v) is 8.73. The van der Waals surface area contributed by atoms with E-state index in [9.17, 15) is 8.42 Å². The van der Waals surface area contributed by atoms with Crippen molar-refractivity contribution in [1.29, 1.82) is 0 Å². The summed E-state index contributed by atoms with van der Waals surface area (Å²) in [6, 6.07) is 1.40. The molecule has 0 bridgehead atoms. The summed E-state index contributed by atoms with van der Waals surface area (Å²) in [6.07, 6.45) is 2.87. The lowest BCUT2D eigenvalue weighted by atomic mass is 9.97. The maximum absolute atomic E-state index is 12.4. The summed E-state index contributed by atoms with van der Waals surface area (Å²) < 4.78 is 32.9. The summed E-state index contributed by atoms with van der Waals surface area (Å²) in [5, 5.41) is 3.25. The van der Waals surface area contributed by atoms with Crippen LogP contribution >= 0.6 is 11.6 Å². The van der Waals surface area contributed by atoms with E-state index in [1.807, 2.05) is 13.8 Å². The van der Waals surface area contributed by atoms with Crippen molar-refractivity contribution in [2.75, 3.05) is 25.1 Å². The highest BCUT2D eigenvalue weighted by Crippen LogP contribution is 2.25. The first-order chi connectivity index (χ1) is 9.86. The quantitative estimate of drug-likeness (QED) is 0.861. The molecule has 0 aliphatic carbocycles. The van der Waals surface area contributed by atoms with Crippen LogP contribution in [0.4, 0.5) is 5.82 Å². The average molecular weight is 334 g/mol. The van der Waals surface area contributed by atoms with Gasteiger partial charge >= 0.3 is 0 Å². The monoisotopic (exact) mass is 333 g/mol. The molecule has 2 rings (SSSR count). The third-order valence-electron chi connectivity index (χ3n) is 3.29. The number of nitrogens with one attached hydrogen (secondary N) is 2. The Bertz CT molecular complexity index is 601. The first-order valence-electron chi connectivity index (χ1n) is 6.87. The summed E-state index contributed by atoms with van der Waals surface area (Å²) in [4.78, 5) is 4.11. The van der Waals surface area contributed by atoms with E-state index >= 15 is 0 Å². The second kappa shape index (κ2) is 6.48. The molecule has 1 saturated heterocycles. The fourth-order valence-corrected chi connectivity index (χ4v) is 3.95. The Morgan fingerprint density at radius 2 is 2.29 bits per heavy atom. The van der Waals surface area contributed by atoms with Crippen molar-refractivity contribution in [3.05, 3.63) is 17.3 Å². The maximum atomic E-state index is 12.4. The van der Waals surface area contributed by atoms with Gasteiger partial charge in [0.2, 0.25) is 10.0 Å². The Hall–Kier alpha value is -0.890. The van der Waals surface area contributed by atoms with Gasteiger partial charge in [-0.2, -0.15) is 0 Å². The fourth-order valence-electron chi connectivity index (χ4n) is 2.26. The second-order valence-corrected chi connectivity index (χ2v) is 7.44. The van der Waals surface area contributed by atoms with Crippen LogP contribution in [0, 0.1) is 0 Å². The minimum absolute atomic E-state index is 0.0564. The van der Waals surface area contributed by atoms with Crippen molar-refractivity contribution in [3.63, 3.8) is 0 Å². The van der Waals surface area contributed by atoms with Crippen LogP contribution in [-0.4, -0.2) is 38.7 Å². The number of hydrogen-bond donors (Lipinski definition) is 2. The van der Waals surface area contributed by atoms with E-state index in [-0.39, 0.29) is 9.92 Å². The van der Waals surface area contributed by atoms with Gasteiger partial charge in [0.25, 0.3) is 0 Å². The third kappa shape index (κ3) is 4.06. The minimum atomic E-state index is -3.68. The number of nitrogens with zero attached hydrogens (tertiary/aromatic N) is 1. The number of anilines is 1. The molecule has 1 aromatic heterocycles. The van der Waals surface area contributed by atoms with Crippen LogP contribution < -0.4 is 10.0 Å². The van der Waals surface area contributed by atoms with Crippen molar-refractivity contribution in [2.24, 2.45) is 0 Å². The van der Waals surface area contributed by atoms with E-state index in [4.69, 9.17) is 16.3 Å². The highest BCUT2D eigenvalue weighted by atomic mass is 35.5. The van der Waals surface area contributed by atoms with Gasteiger partial charge in [0, 0.05) is 19.3 Å². The van der Waals surface area contributed by atoms with Gasteiger partial charge in [-0.1, -0.05) is 11.6 Å². The Morgan fingerprint density at radius 1 is 1.52 bits per heavy atom. The summed E-state index contributed by atoms with van der Waals surface area (Å²) in [5.41, 5.74) is -0.593. The van der Waals surface area contributed by atoms with Gasteiger partial charge in [-0.05, 0) is 32.8 Å². The summed E-state index contributed by atoms with van der Waals surface area (Å²) >= 11 is 6.05. The molecule has 2 N–H and O–H groups in total. The third-order valence-corrected chi connectivity index (χ3v) is 5.18. The van der Waals surface area contributed by atoms with Gasteiger partial charge in [0.15, 0.2) is 0 Å². The number of hydrogen-bond acceptors (Lipinski definition) is 5. The molecule has 1 unspecified atom stereocenters. The molecular formula is C13H20ClN3O3S. The topological polar surface area (TPSA) is 80.3 Å². The standard InChI is InChI=1S/C13H20ClN3O3S/c1-3-15-12-11(14)7-10(8-16-12)21(18,19)17-13(2)5-4-6-20-9-13/h7-8,17H,3-6,9H2,1-2H3,(H,15,16). The van der Waals surface area contributed by atoms with E-state index in [0.29, 0.717) is 25.6 Å². The molecule has 0 saturated carbocycles. The molecule has 1 aromatic rings. The summed E-state index contributed by atoms with van der Waals surface area (Å²) in [6.45, 7) is 5.44. The molecule has 1 aliphatic heterocycles. The molecule has 8 heteroatoms. The largest absolute Gasteiger partial charge is 0.380 e. The summed E-state index contributed by atoms with van der Waals surface area (Å²) in [7, 11) is -3.68. The first kappa shape index (κ1) is 16.5. The van der Waals surface area contributed by atoms with Gasteiger partial charge in [0.1, 0.15) is 10.7 Å². The van der Waals surface area contributed by atoms with Crippen molar-refractivity contribution in [3.8, 4) is 0 Å². The Morgan fingerprint density at radius 3 is 2.86 bits per heavy atom. The average Bonchev–Trinajstić information content (AvgIpc) is 2.41. The van der Waals surface area contributed by atoms with Crippen LogP contribution in [0.15, 0.2) is 17.2 Å². The van der Waals surface area contributed by atoms with Crippen molar-refractivity contribution in [1.82, 2.24) is 9.71 Å². The predicted octanol–water partition coefficient (Wildman–Crippen LogP) is 2.01. The van der Waals surface area contributed by atoms with Crippen LogP contribution in [0.1, 0.15) is 26.7 Å². The van der Waals surface area contributed by atoms with Crippen LogP contribution in [0.25, 0.3) is 0 Å². The molecular weight excluding hydrogens is 314 g/mol. The highest BCUT2D eigenvalue weighted by Gasteiger charge is 2.33. The van der Waals surface area contributed by atoms with Gasteiger partial charge in [-0.15, -0.1) is 0 Å². The molecule has 2 heterocycles. The molecule has 118 valence electrons. The zero-order valence-electron chi connectivity index (χ0n) is 12.1. The number of halogens is 1. The van der Waals surface area contributed by atoms with Gasteiger partial charge in [-0.25, -0.2) is 18.1 Å². The summed E-state index contributed by atoms with van der Waals surface area (Å²) in [5.74, 6) is 0.477. The van der Waals surface area contributed by atoms with Crippen LogP contribution in [0.2, 0.25) is 5.02 Å². The number of rotatable bonds is 5. The lowest BCUT2D eigenvalue weighted by Crippen LogP contribution is -2.51. The molecule has 1 fully saturated rings. The molecule has 1 aliphatic rings. The van der Waals surface area contributed by atoms with Gasteiger partial charge in [-0.3, -0.25) is 0 Å². The Kier molecular flexibility index (Phi) is 5.08. The van der Waals surface area contributed by atoms with Gasteiger partial charge < -0.3 is 10.1 Å². The number of aromatic nitrogens is 1. The van der Waals surface area contributed by atoms with E-state index in [1.165, 1.54) is 12.3 Å². The van der Waals surface area contributed by atoms with Crippen LogP contribution in [0.3, 0.4) is 0 Å². The van der Waals surface area contributed by atoms with E-state index in [0.717, 1.165) is 12.8 Å². The van der Waals surface area contributed by atoms with E-state index in [1.54, 1.807) is 0 Å². The van der Waals surface area contributed by atoms with E-state index < -0.39 is 15.6 Å². The second-order valence-electron chi connectivity index (χ2n) is 5.35. The van der Waals surface area contributed by atoms with Crippen molar-refractivity contribution < 1.29 is 13.2 Å². The van der Waals surface area contributed by atoms with Crippen LogP contribution in [0.5, 0.6) is 0 Å². The normalized spacial score (nSPS) is 23.0. The Labute approximate surface area is 130 Å². The molecule has 1 atom stereocenters. The van der Waals surface area contributed by atoms with Crippen molar-refractivity contribution in [2.45, 2.75) is 37.1 Å². The molecule has 21 heavy (non-hydrogen) atoms. The molecule has 0 amide bonds. The molecule has 0 spiro atoms. The molecule has 0 aromatic carbocycles. The number of pyridine rings is 1. The van der Waals surface area contributed by atoms with Gasteiger partial charge in [0.05, 0.1) is 17.2 Å². The SMILES string of the molecule is CCNc1ncc(S(=O)(=O)NC2(C)CCCOC2)cc1Cl. The predicted molar refractivity (Wildman–Crippen MR) is 82.2 cm³/mol. The zero-order valence-corrected chi connectivity index (χ0v) is 13.7. The fraction of sp³-hybridized carbons (Fsp3) is 0.615. The zero-order chi connectivity index (χ0) is 15.5. The smallest absolute Gasteiger partial charge is 0.242 e. The molecule has 0 radical (unpaired) electrons. The number of sulfonamides is 1. The highest BCUT2D eigenvalue weighted by molar-refractivity contribution is 7.89. The Balaban J connectivity index is 2.21. The van der Waals surface area contributed by atoms with Crippen LogP contribution in [-0.2, 0) is 14.8 Å².